The number of carbonyl (C=O) groups is 2. The van der Waals surface area contributed by atoms with Crippen LogP contribution in [0.4, 0.5) is 5.82 Å². The van der Waals surface area contributed by atoms with E-state index in [1.807, 2.05) is 65.3 Å². The van der Waals surface area contributed by atoms with Crippen LogP contribution in [0.2, 0.25) is 0 Å². The summed E-state index contributed by atoms with van der Waals surface area (Å²) >= 11 is 0. The van der Waals surface area contributed by atoms with E-state index in [9.17, 15) is 9.59 Å². The quantitative estimate of drug-likeness (QED) is 0.582. The smallest absolute Gasteiger partial charge is 0.253 e. The molecule has 0 bridgehead atoms. The zero-order valence-corrected chi connectivity index (χ0v) is 18.9. The minimum absolute atomic E-state index is 0.0497. The van der Waals surface area contributed by atoms with Crippen molar-refractivity contribution in [2.24, 2.45) is 0 Å². The van der Waals surface area contributed by atoms with Crippen molar-refractivity contribution in [3.8, 4) is 0 Å². The Kier molecular flexibility index (Phi) is 5.90. The fourth-order valence-electron chi connectivity index (χ4n) is 4.82. The third kappa shape index (κ3) is 4.38. The Labute approximate surface area is 194 Å². The van der Waals surface area contributed by atoms with Crippen LogP contribution in [-0.2, 0) is 17.6 Å². The Morgan fingerprint density at radius 2 is 1.76 bits per heavy atom. The number of hydrogen-bond donors (Lipinski definition) is 0. The molecule has 0 radical (unpaired) electrons. The standard InChI is InChI=1S/C27H28N4O2/c1-19-23-17-24(32)31(15-8-11-20-9-4-2-5-10-20)26(23)29-25(28-19)22-14-16-30(18-22)27(33)21-12-6-3-7-13-21/h2-7,9-10,12-13,22H,8,11,14-18H2,1H3/t22-/m1/s1. The van der Waals surface area contributed by atoms with E-state index in [-0.39, 0.29) is 17.7 Å². The Morgan fingerprint density at radius 1 is 1.03 bits per heavy atom. The van der Waals surface area contributed by atoms with Gasteiger partial charge in [-0.3, -0.25) is 14.5 Å². The molecule has 3 heterocycles. The van der Waals surface area contributed by atoms with Crippen molar-refractivity contribution in [2.75, 3.05) is 24.5 Å². The van der Waals surface area contributed by atoms with E-state index < -0.39 is 0 Å². The summed E-state index contributed by atoms with van der Waals surface area (Å²) in [5.74, 6) is 1.75. The summed E-state index contributed by atoms with van der Waals surface area (Å²) in [6.45, 7) is 3.91. The highest BCUT2D eigenvalue weighted by Crippen LogP contribution is 2.33. The molecule has 0 unspecified atom stereocenters. The lowest BCUT2D eigenvalue weighted by atomic mass is 10.1. The number of anilines is 1. The number of hydrogen-bond acceptors (Lipinski definition) is 4. The number of benzene rings is 2. The maximum Gasteiger partial charge on any atom is 0.253 e. The van der Waals surface area contributed by atoms with Crippen molar-refractivity contribution in [1.29, 1.82) is 0 Å². The van der Waals surface area contributed by atoms with Gasteiger partial charge in [-0.2, -0.15) is 0 Å². The van der Waals surface area contributed by atoms with Gasteiger partial charge in [0.1, 0.15) is 11.6 Å². The number of carbonyl (C=O) groups excluding carboxylic acids is 2. The molecule has 168 valence electrons. The molecule has 5 rings (SSSR count). The summed E-state index contributed by atoms with van der Waals surface area (Å²) in [4.78, 5) is 39.0. The van der Waals surface area contributed by atoms with Gasteiger partial charge >= 0.3 is 0 Å². The molecule has 6 heteroatoms. The lowest BCUT2D eigenvalue weighted by Crippen LogP contribution is -2.29. The van der Waals surface area contributed by atoms with Crippen molar-refractivity contribution in [2.45, 2.75) is 38.5 Å². The zero-order valence-electron chi connectivity index (χ0n) is 18.9. The molecule has 6 nitrogen and oxygen atoms in total. The first-order valence-corrected chi connectivity index (χ1v) is 11.7. The Balaban J connectivity index is 1.30. The van der Waals surface area contributed by atoms with Crippen molar-refractivity contribution in [3.05, 3.63) is 88.9 Å². The average molecular weight is 441 g/mol. The van der Waals surface area contributed by atoms with E-state index in [0.717, 1.165) is 42.2 Å². The molecule has 1 atom stereocenters. The van der Waals surface area contributed by atoms with Gasteiger partial charge in [-0.15, -0.1) is 0 Å². The van der Waals surface area contributed by atoms with Gasteiger partial charge in [-0.1, -0.05) is 48.5 Å². The highest BCUT2D eigenvalue weighted by Gasteiger charge is 2.34. The summed E-state index contributed by atoms with van der Waals surface area (Å²) in [5, 5.41) is 0. The monoisotopic (exact) mass is 440 g/mol. The van der Waals surface area contributed by atoms with Gasteiger partial charge < -0.3 is 4.90 Å². The number of rotatable bonds is 6. The molecule has 3 aromatic rings. The van der Waals surface area contributed by atoms with Crippen molar-refractivity contribution in [3.63, 3.8) is 0 Å². The van der Waals surface area contributed by atoms with Crippen LogP contribution < -0.4 is 4.90 Å². The second-order valence-electron chi connectivity index (χ2n) is 8.88. The fraction of sp³-hybridized carbons (Fsp3) is 0.333. The second-order valence-corrected chi connectivity index (χ2v) is 8.88. The minimum Gasteiger partial charge on any atom is -0.338 e. The molecule has 2 aliphatic rings. The molecule has 2 aliphatic heterocycles. The van der Waals surface area contributed by atoms with Gasteiger partial charge in [0.25, 0.3) is 5.91 Å². The molecule has 0 saturated carbocycles. The van der Waals surface area contributed by atoms with E-state index in [1.54, 1.807) is 0 Å². The van der Waals surface area contributed by atoms with E-state index in [2.05, 4.69) is 12.1 Å². The second kappa shape index (κ2) is 9.14. The fourth-order valence-corrected chi connectivity index (χ4v) is 4.82. The van der Waals surface area contributed by atoms with Gasteiger partial charge in [0.2, 0.25) is 5.91 Å². The maximum atomic E-state index is 12.8. The van der Waals surface area contributed by atoms with Crippen LogP contribution in [0.25, 0.3) is 0 Å². The third-order valence-corrected chi connectivity index (χ3v) is 6.65. The van der Waals surface area contributed by atoms with Crippen LogP contribution in [0.5, 0.6) is 0 Å². The number of nitrogens with zero attached hydrogens (tertiary/aromatic N) is 4. The normalized spacial score (nSPS) is 17.5. The first-order chi connectivity index (χ1) is 16.1. The van der Waals surface area contributed by atoms with Gasteiger partial charge in [-0.05, 0) is 43.9 Å². The molecule has 33 heavy (non-hydrogen) atoms. The molecule has 1 saturated heterocycles. The predicted molar refractivity (Wildman–Crippen MR) is 127 cm³/mol. The number of fused-ring (bicyclic) bond motifs is 1. The van der Waals surface area contributed by atoms with E-state index in [1.165, 1.54) is 5.56 Å². The predicted octanol–water partition coefficient (Wildman–Crippen LogP) is 3.94. The third-order valence-electron chi connectivity index (χ3n) is 6.65. The average Bonchev–Trinajstić information content (AvgIpc) is 3.46. The van der Waals surface area contributed by atoms with Gasteiger partial charge in [0.05, 0.1) is 6.42 Å². The number of likely N-dealkylation sites (tertiary alicyclic amines) is 1. The van der Waals surface area contributed by atoms with Crippen LogP contribution in [0.3, 0.4) is 0 Å². The van der Waals surface area contributed by atoms with Gasteiger partial charge in [0.15, 0.2) is 0 Å². The molecule has 0 spiro atoms. The summed E-state index contributed by atoms with van der Waals surface area (Å²) < 4.78 is 0. The van der Waals surface area contributed by atoms with E-state index in [0.29, 0.717) is 31.6 Å². The first kappa shape index (κ1) is 21.3. The summed E-state index contributed by atoms with van der Waals surface area (Å²) in [6.07, 6.45) is 3.02. The zero-order chi connectivity index (χ0) is 22.8. The Hall–Kier alpha value is -3.54. The largest absolute Gasteiger partial charge is 0.338 e. The summed E-state index contributed by atoms with van der Waals surface area (Å²) in [6, 6.07) is 19.7. The molecule has 0 aliphatic carbocycles. The topological polar surface area (TPSA) is 66.4 Å². The van der Waals surface area contributed by atoms with Crippen LogP contribution in [0.1, 0.15) is 51.8 Å². The first-order valence-electron chi connectivity index (χ1n) is 11.7. The van der Waals surface area contributed by atoms with Gasteiger partial charge in [0, 0.05) is 42.4 Å². The van der Waals surface area contributed by atoms with E-state index >= 15 is 0 Å². The Bertz CT molecular complexity index is 1160. The van der Waals surface area contributed by atoms with Crippen LogP contribution in [0, 0.1) is 6.92 Å². The number of aromatic nitrogens is 2. The van der Waals surface area contributed by atoms with Crippen molar-refractivity contribution in [1.82, 2.24) is 14.9 Å². The highest BCUT2D eigenvalue weighted by atomic mass is 16.2. The Morgan fingerprint density at radius 3 is 2.52 bits per heavy atom. The van der Waals surface area contributed by atoms with Gasteiger partial charge in [-0.25, -0.2) is 9.97 Å². The molecule has 2 amide bonds. The lowest BCUT2D eigenvalue weighted by molar-refractivity contribution is -0.117. The molecule has 2 aromatic carbocycles. The summed E-state index contributed by atoms with van der Waals surface area (Å²) in [5.41, 5.74) is 3.80. The van der Waals surface area contributed by atoms with Crippen LogP contribution in [0.15, 0.2) is 60.7 Å². The maximum absolute atomic E-state index is 12.8. The number of aryl methyl sites for hydroxylation is 2. The molecule has 1 fully saturated rings. The van der Waals surface area contributed by atoms with Crippen molar-refractivity contribution >= 4 is 17.6 Å². The van der Waals surface area contributed by atoms with Crippen LogP contribution in [-0.4, -0.2) is 46.3 Å². The minimum atomic E-state index is 0.0497. The van der Waals surface area contributed by atoms with Crippen LogP contribution >= 0.6 is 0 Å². The molecular formula is C27H28N4O2. The summed E-state index contributed by atoms with van der Waals surface area (Å²) in [7, 11) is 0. The lowest BCUT2D eigenvalue weighted by Gasteiger charge is -2.19. The molecule has 1 aromatic heterocycles. The highest BCUT2D eigenvalue weighted by molar-refractivity contribution is 6.00. The SMILES string of the molecule is Cc1nc([C@@H]2CCN(C(=O)c3ccccc3)C2)nc2c1CC(=O)N2CCCc1ccccc1. The number of amides is 2. The van der Waals surface area contributed by atoms with E-state index in [4.69, 9.17) is 9.97 Å². The molecular weight excluding hydrogens is 412 g/mol. The molecule has 0 N–H and O–H groups in total. The van der Waals surface area contributed by atoms with Crippen molar-refractivity contribution < 1.29 is 9.59 Å².